The topological polar surface area (TPSA) is 73.2 Å². The molecular formula is C11H11N3O3S. The molecule has 0 fully saturated rings. The van der Waals surface area contributed by atoms with Crippen LogP contribution in [0.5, 0.6) is 0 Å². The van der Waals surface area contributed by atoms with Crippen molar-refractivity contribution in [1.29, 1.82) is 0 Å². The van der Waals surface area contributed by atoms with Crippen LogP contribution in [0, 0.1) is 0 Å². The third-order valence-corrected chi connectivity index (χ3v) is 2.96. The van der Waals surface area contributed by atoms with Gasteiger partial charge in [-0.1, -0.05) is 23.9 Å². The summed E-state index contributed by atoms with van der Waals surface area (Å²) in [5.41, 5.74) is 2.59. The number of thioether (sulfide) groups is 1. The molecule has 0 unspecified atom stereocenters. The first-order chi connectivity index (χ1) is 8.67. The van der Waals surface area contributed by atoms with E-state index in [1.165, 1.54) is 18.9 Å². The summed E-state index contributed by atoms with van der Waals surface area (Å²) in [5.74, 6) is 0. The predicted molar refractivity (Wildman–Crippen MR) is 69.5 cm³/mol. The highest BCUT2D eigenvalue weighted by Gasteiger charge is 2.12. The quantitative estimate of drug-likeness (QED) is 0.657. The number of nitrogens with one attached hydrogen (secondary N) is 1. The van der Waals surface area contributed by atoms with E-state index in [4.69, 9.17) is 0 Å². The number of amides is 1. The molecule has 1 aromatic carbocycles. The molecule has 0 radical (unpaired) electrons. The molecule has 1 aromatic heterocycles. The minimum Gasteiger partial charge on any atom is -0.452 e. The van der Waals surface area contributed by atoms with Gasteiger partial charge in [0.25, 0.3) is 5.56 Å². The Kier molecular flexibility index (Phi) is 3.52. The van der Waals surface area contributed by atoms with E-state index in [2.05, 4.69) is 15.1 Å². The molecule has 1 amide bonds. The van der Waals surface area contributed by atoms with Crippen molar-refractivity contribution in [3.8, 4) is 0 Å². The fourth-order valence-electron chi connectivity index (χ4n) is 1.48. The van der Waals surface area contributed by atoms with Crippen LogP contribution in [-0.2, 0) is 4.74 Å². The summed E-state index contributed by atoms with van der Waals surface area (Å²) in [6.07, 6.45) is 1.05. The number of rotatable bonds is 2. The van der Waals surface area contributed by atoms with E-state index in [-0.39, 0.29) is 5.56 Å². The summed E-state index contributed by atoms with van der Waals surface area (Å²) >= 11 is 1.26. The normalized spacial score (nSPS) is 10.3. The van der Waals surface area contributed by atoms with E-state index in [0.717, 1.165) is 4.68 Å². The molecule has 1 heterocycles. The van der Waals surface area contributed by atoms with Crippen LogP contribution in [0.15, 0.2) is 34.2 Å². The summed E-state index contributed by atoms with van der Waals surface area (Å²) in [7, 11) is 1.23. The lowest BCUT2D eigenvalue weighted by molar-refractivity contribution is 0.182. The van der Waals surface area contributed by atoms with E-state index in [0.29, 0.717) is 16.1 Å². The fourth-order valence-corrected chi connectivity index (χ4v) is 1.99. The lowest BCUT2D eigenvalue weighted by Crippen LogP contribution is -2.34. The van der Waals surface area contributed by atoms with Gasteiger partial charge in [0.2, 0.25) is 0 Å². The molecule has 18 heavy (non-hydrogen) atoms. The van der Waals surface area contributed by atoms with Gasteiger partial charge in [-0.15, -0.1) is 0 Å². The maximum atomic E-state index is 12.2. The third kappa shape index (κ3) is 2.17. The first kappa shape index (κ1) is 12.4. The fraction of sp³-hybridized carbons (Fsp3) is 0.182. The maximum Gasteiger partial charge on any atom is 0.426 e. The molecule has 0 spiro atoms. The summed E-state index contributed by atoms with van der Waals surface area (Å²) in [6, 6.07) is 6.95. The van der Waals surface area contributed by atoms with Crippen molar-refractivity contribution in [2.24, 2.45) is 0 Å². The Morgan fingerprint density at radius 3 is 2.83 bits per heavy atom. The second kappa shape index (κ2) is 5.09. The molecule has 0 saturated heterocycles. The SMILES string of the molecule is COC(=O)Nn1c(SC)nc2ccccc2c1=O. The Bertz CT molecular complexity index is 654. The second-order valence-corrected chi connectivity index (χ2v) is 4.13. The Balaban J connectivity index is 2.66. The average Bonchev–Trinajstić information content (AvgIpc) is 2.41. The molecule has 7 heteroatoms. The lowest BCUT2D eigenvalue weighted by atomic mass is 10.2. The van der Waals surface area contributed by atoms with E-state index in [1.54, 1.807) is 30.5 Å². The monoisotopic (exact) mass is 265 g/mol. The number of nitrogens with zero attached hydrogens (tertiary/aromatic N) is 2. The number of aromatic nitrogens is 2. The van der Waals surface area contributed by atoms with E-state index < -0.39 is 6.09 Å². The molecular weight excluding hydrogens is 254 g/mol. The largest absolute Gasteiger partial charge is 0.452 e. The van der Waals surface area contributed by atoms with Crippen LogP contribution in [0.3, 0.4) is 0 Å². The van der Waals surface area contributed by atoms with Crippen LogP contribution < -0.4 is 11.0 Å². The number of fused-ring (bicyclic) bond motifs is 1. The van der Waals surface area contributed by atoms with Gasteiger partial charge < -0.3 is 4.74 Å². The van der Waals surface area contributed by atoms with Gasteiger partial charge in [0, 0.05) is 0 Å². The van der Waals surface area contributed by atoms with Crippen molar-refractivity contribution in [3.63, 3.8) is 0 Å². The molecule has 0 saturated carbocycles. The van der Waals surface area contributed by atoms with Gasteiger partial charge in [-0.3, -0.25) is 4.79 Å². The smallest absolute Gasteiger partial charge is 0.426 e. The van der Waals surface area contributed by atoms with Gasteiger partial charge in [0.1, 0.15) is 0 Å². The van der Waals surface area contributed by atoms with Gasteiger partial charge in [-0.2, -0.15) is 4.68 Å². The molecule has 1 N–H and O–H groups in total. The molecule has 2 rings (SSSR count). The van der Waals surface area contributed by atoms with Crippen LogP contribution >= 0.6 is 11.8 Å². The van der Waals surface area contributed by atoms with Crippen LogP contribution in [-0.4, -0.2) is 29.1 Å². The summed E-state index contributed by atoms with van der Waals surface area (Å²) < 4.78 is 5.56. The number of carbonyl (C=O) groups excluding carboxylic acids is 1. The number of para-hydroxylation sites is 1. The maximum absolute atomic E-state index is 12.2. The van der Waals surface area contributed by atoms with Crippen molar-refractivity contribution in [2.45, 2.75) is 5.16 Å². The molecule has 0 bridgehead atoms. The van der Waals surface area contributed by atoms with Gasteiger partial charge in [0.15, 0.2) is 5.16 Å². The van der Waals surface area contributed by atoms with Crippen LogP contribution in [0.25, 0.3) is 10.9 Å². The highest BCUT2D eigenvalue weighted by Crippen LogP contribution is 2.13. The summed E-state index contributed by atoms with van der Waals surface area (Å²) in [5, 5.41) is 0.829. The molecule has 0 aliphatic rings. The summed E-state index contributed by atoms with van der Waals surface area (Å²) in [4.78, 5) is 27.7. The zero-order chi connectivity index (χ0) is 13.1. The first-order valence-electron chi connectivity index (χ1n) is 5.08. The minimum atomic E-state index is -0.718. The van der Waals surface area contributed by atoms with Crippen molar-refractivity contribution in [1.82, 2.24) is 9.66 Å². The Morgan fingerprint density at radius 2 is 2.17 bits per heavy atom. The molecule has 94 valence electrons. The number of carbonyl (C=O) groups is 1. The van der Waals surface area contributed by atoms with E-state index in [1.807, 2.05) is 0 Å². The van der Waals surface area contributed by atoms with E-state index >= 15 is 0 Å². The zero-order valence-electron chi connectivity index (χ0n) is 9.84. The predicted octanol–water partition coefficient (Wildman–Crippen LogP) is 1.43. The molecule has 0 aliphatic heterocycles. The third-order valence-electron chi connectivity index (χ3n) is 2.32. The van der Waals surface area contributed by atoms with Crippen molar-refractivity contribution < 1.29 is 9.53 Å². The van der Waals surface area contributed by atoms with Crippen LogP contribution in [0.2, 0.25) is 0 Å². The number of benzene rings is 1. The number of hydrogen-bond donors (Lipinski definition) is 1. The lowest BCUT2D eigenvalue weighted by Gasteiger charge is -2.11. The van der Waals surface area contributed by atoms with Gasteiger partial charge >= 0.3 is 6.09 Å². The van der Waals surface area contributed by atoms with Gasteiger partial charge in [-0.25, -0.2) is 15.2 Å². The Hall–Kier alpha value is -2.02. The standard InChI is InChI=1S/C11H11N3O3S/c1-17-11(16)13-14-9(15)7-5-3-4-6-8(7)12-10(14)18-2/h3-6H,1-2H3,(H,13,16). The second-order valence-electron chi connectivity index (χ2n) is 3.36. The van der Waals surface area contributed by atoms with Gasteiger partial charge in [-0.05, 0) is 18.4 Å². The molecule has 2 aromatic rings. The van der Waals surface area contributed by atoms with Gasteiger partial charge in [0.05, 0.1) is 18.0 Å². The van der Waals surface area contributed by atoms with Crippen molar-refractivity contribution in [3.05, 3.63) is 34.6 Å². The number of hydrogen-bond acceptors (Lipinski definition) is 5. The van der Waals surface area contributed by atoms with E-state index in [9.17, 15) is 9.59 Å². The highest BCUT2D eigenvalue weighted by atomic mass is 32.2. The highest BCUT2D eigenvalue weighted by molar-refractivity contribution is 7.98. The number of ether oxygens (including phenoxy) is 1. The first-order valence-corrected chi connectivity index (χ1v) is 6.30. The zero-order valence-corrected chi connectivity index (χ0v) is 10.7. The molecule has 0 atom stereocenters. The van der Waals surface area contributed by atoms with Crippen LogP contribution in [0.1, 0.15) is 0 Å². The van der Waals surface area contributed by atoms with Crippen molar-refractivity contribution in [2.75, 3.05) is 18.8 Å². The Morgan fingerprint density at radius 1 is 1.44 bits per heavy atom. The number of methoxy groups -OCH3 is 1. The minimum absolute atomic E-state index is 0.338. The van der Waals surface area contributed by atoms with Crippen molar-refractivity contribution >= 4 is 28.8 Å². The Labute approximate surface area is 107 Å². The molecule has 6 nitrogen and oxygen atoms in total. The van der Waals surface area contributed by atoms with Crippen LogP contribution in [0.4, 0.5) is 4.79 Å². The summed E-state index contributed by atoms with van der Waals surface area (Å²) in [6.45, 7) is 0. The molecule has 0 aliphatic carbocycles. The average molecular weight is 265 g/mol.